The predicted octanol–water partition coefficient (Wildman–Crippen LogP) is 3.96. The van der Waals surface area contributed by atoms with Crippen molar-refractivity contribution in [3.63, 3.8) is 0 Å². The Morgan fingerprint density at radius 1 is 1.33 bits per heavy atom. The molecule has 1 aromatic rings. The Balaban J connectivity index is 3.01. The largest absolute Gasteiger partial charge is 0.313 e. The summed E-state index contributed by atoms with van der Waals surface area (Å²) in [5.41, 5.74) is 2.51. The zero-order chi connectivity index (χ0) is 11.4. The highest BCUT2D eigenvalue weighted by Gasteiger charge is 2.16. The molecule has 0 heterocycles. The molecule has 84 valence electrons. The molecule has 0 fully saturated rings. The maximum absolute atomic E-state index is 6.07. The number of nitrogens with one attached hydrogen (secondary N) is 1. The molecule has 1 nitrogen and oxygen atoms in total. The fourth-order valence-electron chi connectivity index (χ4n) is 1.96. The minimum absolute atomic E-state index is 0.396. The summed E-state index contributed by atoms with van der Waals surface area (Å²) in [6, 6.07) is 6.66. The van der Waals surface area contributed by atoms with Gasteiger partial charge in [-0.3, -0.25) is 0 Å². The summed E-state index contributed by atoms with van der Waals surface area (Å²) in [4.78, 5) is 0. The van der Waals surface area contributed by atoms with Crippen molar-refractivity contribution in [3.05, 3.63) is 34.3 Å². The number of halogens is 1. The minimum atomic E-state index is 0.396. The average molecular weight is 226 g/mol. The first-order valence-corrected chi connectivity index (χ1v) is 5.90. The summed E-state index contributed by atoms with van der Waals surface area (Å²) in [6.07, 6.45) is 1.16. The fourth-order valence-corrected chi connectivity index (χ4v) is 2.26. The number of hydrogen-bond acceptors (Lipinski definition) is 1. The van der Waals surface area contributed by atoms with E-state index in [9.17, 15) is 0 Å². The molecular weight excluding hydrogens is 206 g/mol. The van der Waals surface area contributed by atoms with Gasteiger partial charge in [0.05, 0.1) is 0 Å². The van der Waals surface area contributed by atoms with Crippen LogP contribution in [-0.2, 0) is 0 Å². The molecular formula is C13H20ClN. The molecule has 0 saturated carbocycles. The van der Waals surface area contributed by atoms with Crippen molar-refractivity contribution in [2.45, 2.75) is 33.2 Å². The molecule has 0 radical (unpaired) electrons. The van der Waals surface area contributed by atoms with Gasteiger partial charge in [0.15, 0.2) is 0 Å². The van der Waals surface area contributed by atoms with Crippen LogP contribution < -0.4 is 5.32 Å². The first kappa shape index (κ1) is 12.5. The highest BCUT2D eigenvalue weighted by molar-refractivity contribution is 6.30. The third kappa shape index (κ3) is 3.22. The Kier molecular flexibility index (Phi) is 4.62. The van der Waals surface area contributed by atoms with Crippen LogP contribution in [0.25, 0.3) is 0 Å². The molecule has 0 aliphatic heterocycles. The van der Waals surface area contributed by atoms with Gasteiger partial charge in [-0.25, -0.2) is 0 Å². The van der Waals surface area contributed by atoms with E-state index in [0.29, 0.717) is 12.0 Å². The lowest BCUT2D eigenvalue weighted by Gasteiger charge is -2.23. The van der Waals surface area contributed by atoms with Crippen molar-refractivity contribution in [2.24, 2.45) is 5.92 Å². The van der Waals surface area contributed by atoms with Crippen LogP contribution in [0.3, 0.4) is 0 Å². The van der Waals surface area contributed by atoms with Gasteiger partial charge in [-0.05, 0) is 43.1 Å². The topological polar surface area (TPSA) is 12.0 Å². The zero-order valence-electron chi connectivity index (χ0n) is 9.97. The smallest absolute Gasteiger partial charge is 0.0411 e. The number of hydrogen-bond donors (Lipinski definition) is 1. The van der Waals surface area contributed by atoms with Gasteiger partial charge >= 0.3 is 0 Å². The molecule has 0 aromatic heterocycles. The number of aryl methyl sites for hydroxylation is 1. The lowest BCUT2D eigenvalue weighted by Crippen LogP contribution is -2.23. The van der Waals surface area contributed by atoms with Crippen LogP contribution in [0, 0.1) is 12.8 Å². The van der Waals surface area contributed by atoms with E-state index >= 15 is 0 Å². The summed E-state index contributed by atoms with van der Waals surface area (Å²) in [5, 5.41) is 4.19. The molecule has 1 rings (SSSR count). The van der Waals surface area contributed by atoms with E-state index in [1.165, 1.54) is 11.1 Å². The Labute approximate surface area is 97.8 Å². The van der Waals surface area contributed by atoms with Crippen molar-refractivity contribution in [1.82, 2.24) is 5.32 Å². The van der Waals surface area contributed by atoms with Gasteiger partial charge in [-0.15, -0.1) is 0 Å². The molecule has 1 N–H and O–H groups in total. The zero-order valence-corrected chi connectivity index (χ0v) is 10.7. The van der Waals surface area contributed by atoms with Crippen molar-refractivity contribution in [1.29, 1.82) is 0 Å². The second-order valence-electron chi connectivity index (χ2n) is 4.21. The summed E-state index contributed by atoms with van der Waals surface area (Å²) in [6.45, 7) is 6.56. The Morgan fingerprint density at radius 3 is 2.47 bits per heavy atom. The van der Waals surface area contributed by atoms with Gasteiger partial charge in [0.1, 0.15) is 0 Å². The lowest BCUT2D eigenvalue weighted by atomic mass is 9.92. The maximum Gasteiger partial charge on any atom is 0.0411 e. The van der Waals surface area contributed by atoms with Crippen LogP contribution in [0.1, 0.15) is 37.4 Å². The highest BCUT2D eigenvalue weighted by atomic mass is 35.5. The second-order valence-corrected chi connectivity index (χ2v) is 4.65. The normalized spacial score (nSPS) is 15.0. The van der Waals surface area contributed by atoms with Gasteiger partial charge in [-0.2, -0.15) is 0 Å². The van der Waals surface area contributed by atoms with Crippen molar-refractivity contribution in [2.75, 3.05) is 7.05 Å². The van der Waals surface area contributed by atoms with Crippen LogP contribution in [0.4, 0.5) is 0 Å². The first-order valence-electron chi connectivity index (χ1n) is 5.52. The number of rotatable bonds is 4. The molecule has 2 heteroatoms. The third-order valence-electron chi connectivity index (χ3n) is 2.95. The summed E-state index contributed by atoms with van der Waals surface area (Å²) >= 11 is 6.07. The Hall–Kier alpha value is -0.530. The molecule has 0 bridgehead atoms. The van der Waals surface area contributed by atoms with E-state index in [1.54, 1.807) is 0 Å². The minimum Gasteiger partial charge on any atom is -0.313 e. The fraction of sp³-hybridized carbons (Fsp3) is 0.538. The molecule has 2 atom stereocenters. The van der Waals surface area contributed by atoms with Crippen LogP contribution in [-0.4, -0.2) is 7.05 Å². The molecule has 0 spiro atoms. The lowest BCUT2D eigenvalue weighted by molar-refractivity contribution is 0.400. The van der Waals surface area contributed by atoms with Crippen LogP contribution in [0.2, 0.25) is 5.02 Å². The number of benzene rings is 1. The Bertz CT molecular complexity index is 302. The van der Waals surface area contributed by atoms with Crippen molar-refractivity contribution in [3.8, 4) is 0 Å². The van der Waals surface area contributed by atoms with Crippen LogP contribution in [0.5, 0.6) is 0 Å². The van der Waals surface area contributed by atoms with E-state index in [-0.39, 0.29) is 0 Å². The second kappa shape index (κ2) is 5.53. The standard InChI is InChI=1S/C13H20ClN/c1-5-10(3)13(15-4)11-6-9(2)7-12(14)8-11/h6-8,10,13,15H,5H2,1-4H3. The van der Waals surface area contributed by atoms with E-state index in [2.05, 4.69) is 38.2 Å². The third-order valence-corrected chi connectivity index (χ3v) is 3.17. The summed E-state index contributed by atoms with van der Waals surface area (Å²) in [7, 11) is 2.01. The van der Waals surface area contributed by atoms with E-state index in [4.69, 9.17) is 11.6 Å². The molecule has 1 aromatic carbocycles. The van der Waals surface area contributed by atoms with Crippen LogP contribution >= 0.6 is 11.6 Å². The summed E-state index contributed by atoms with van der Waals surface area (Å²) < 4.78 is 0. The Morgan fingerprint density at radius 2 is 2.00 bits per heavy atom. The molecule has 15 heavy (non-hydrogen) atoms. The van der Waals surface area contributed by atoms with Gasteiger partial charge in [-0.1, -0.05) is 37.9 Å². The van der Waals surface area contributed by atoms with Gasteiger partial charge in [0.25, 0.3) is 0 Å². The van der Waals surface area contributed by atoms with Gasteiger partial charge in [0.2, 0.25) is 0 Å². The van der Waals surface area contributed by atoms with Crippen molar-refractivity contribution >= 4 is 11.6 Å². The van der Waals surface area contributed by atoms with E-state index < -0.39 is 0 Å². The van der Waals surface area contributed by atoms with Crippen LogP contribution in [0.15, 0.2) is 18.2 Å². The maximum atomic E-state index is 6.07. The van der Waals surface area contributed by atoms with E-state index in [0.717, 1.165) is 11.4 Å². The van der Waals surface area contributed by atoms with E-state index in [1.807, 2.05) is 13.1 Å². The monoisotopic (exact) mass is 225 g/mol. The quantitative estimate of drug-likeness (QED) is 0.818. The predicted molar refractivity (Wildman–Crippen MR) is 67.4 cm³/mol. The van der Waals surface area contributed by atoms with Gasteiger partial charge < -0.3 is 5.32 Å². The molecule has 0 aliphatic rings. The van der Waals surface area contributed by atoms with Crippen molar-refractivity contribution < 1.29 is 0 Å². The first-order chi connectivity index (χ1) is 7.08. The summed E-state index contributed by atoms with van der Waals surface area (Å²) in [5.74, 6) is 0.618. The molecule has 2 unspecified atom stereocenters. The van der Waals surface area contributed by atoms with Gasteiger partial charge in [0, 0.05) is 11.1 Å². The highest BCUT2D eigenvalue weighted by Crippen LogP contribution is 2.27. The average Bonchev–Trinajstić information content (AvgIpc) is 2.17. The molecule has 0 saturated heterocycles. The SMILES string of the molecule is CCC(C)C(NC)c1cc(C)cc(Cl)c1. The molecule has 0 amide bonds. The molecule has 0 aliphatic carbocycles.